The molecule has 0 aliphatic heterocycles. The standard InChI is InChI=1S/C13H17NO4S/c1-14(9-11-18-2)19(16,17)13-7-5-12(6-8-13)4-3-10-15/h5-8,15H,9-11H2,1-2H3. The lowest BCUT2D eigenvalue weighted by atomic mass is 10.2. The monoisotopic (exact) mass is 283 g/mol. The topological polar surface area (TPSA) is 66.8 Å². The minimum Gasteiger partial charge on any atom is -0.384 e. The van der Waals surface area contributed by atoms with E-state index < -0.39 is 10.0 Å². The SMILES string of the molecule is COCCN(C)S(=O)(=O)c1ccc(C#CCO)cc1. The van der Waals surface area contributed by atoms with Gasteiger partial charge in [0.05, 0.1) is 11.5 Å². The minimum absolute atomic E-state index is 0.209. The van der Waals surface area contributed by atoms with E-state index in [1.807, 2.05) is 0 Å². The fourth-order valence-electron chi connectivity index (χ4n) is 1.37. The Morgan fingerprint density at radius 2 is 1.95 bits per heavy atom. The van der Waals surface area contributed by atoms with Gasteiger partial charge in [-0.25, -0.2) is 8.42 Å². The third-order valence-corrected chi connectivity index (χ3v) is 4.36. The van der Waals surface area contributed by atoms with Crippen LogP contribution < -0.4 is 0 Å². The lowest BCUT2D eigenvalue weighted by Gasteiger charge is -2.16. The third-order valence-electron chi connectivity index (χ3n) is 2.48. The molecule has 19 heavy (non-hydrogen) atoms. The summed E-state index contributed by atoms with van der Waals surface area (Å²) in [7, 11) is -0.462. The molecule has 0 saturated heterocycles. The first-order valence-electron chi connectivity index (χ1n) is 5.67. The molecular formula is C13H17NO4S. The number of benzene rings is 1. The summed E-state index contributed by atoms with van der Waals surface area (Å²) >= 11 is 0. The maximum Gasteiger partial charge on any atom is 0.242 e. The van der Waals surface area contributed by atoms with Crippen LogP contribution in [0.5, 0.6) is 0 Å². The first-order chi connectivity index (χ1) is 9.02. The molecule has 1 rings (SSSR count). The van der Waals surface area contributed by atoms with Gasteiger partial charge in [0, 0.05) is 26.3 Å². The second kappa shape index (κ2) is 7.26. The summed E-state index contributed by atoms with van der Waals surface area (Å²) in [6.07, 6.45) is 0. The van der Waals surface area contributed by atoms with Crippen LogP contribution in [0.15, 0.2) is 29.2 Å². The summed E-state index contributed by atoms with van der Waals surface area (Å²) in [5.74, 6) is 5.21. The summed E-state index contributed by atoms with van der Waals surface area (Å²) in [4.78, 5) is 0.209. The van der Waals surface area contributed by atoms with E-state index >= 15 is 0 Å². The zero-order valence-corrected chi connectivity index (χ0v) is 11.8. The summed E-state index contributed by atoms with van der Waals surface area (Å²) in [6.45, 7) is 0.417. The number of likely N-dealkylation sites (N-methyl/N-ethyl adjacent to an activating group) is 1. The van der Waals surface area contributed by atoms with E-state index in [1.54, 1.807) is 12.1 Å². The number of aliphatic hydroxyl groups is 1. The quantitative estimate of drug-likeness (QED) is 0.789. The van der Waals surface area contributed by atoms with Crippen molar-refractivity contribution < 1.29 is 18.3 Å². The molecule has 1 aromatic rings. The maximum absolute atomic E-state index is 12.2. The van der Waals surface area contributed by atoms with E-state index in [4.69, 9.17) is 9.84 Å². The normalized spacial score (nSPS) is 11.2. The number of aliphatic hydroxyl groups excluding tert-OH is 1. The number of ether oxygens (including phenoxy) is 1. The van der Waals surface area contributed by atoms with Crippen LogP contribution in [0.1, 0.15) is 5.56 Å². The molecule has 0 amide bonds. The predicted molar refractivity (Wildman–Crippen MR) is 72.1 cm³/mol. The fourth-order valence-corrected chi connectivity index (χ4v) is 2.53. The molecule has 0 unspecified atom stereocenters. The van der Waals surface area contributed by atoms with Crippen molar-refractivity contribution in [3.63, 3.8) is 0 Å². The first kappa shape index (κ1) is 15.7. The zero-order chi connectivity index (χ0) is 14.3. The maximum atomic E-state index is 12.2. The van der Waals surface area contributed by atoms with Gasteiger partial charge in [-0.1, -0.05) is 11.8 Å². The van der Waals surface area contributed by atoms with Crippen LogP contribution in [-0.4, -0.2) is 51.7 Å². The first-order valence-corrected chi connectivity index (χ1v) is 7.11. The van der Waals surface area contributed by atoms with Gasteiger partial charge in [0.15, 0.2) is 0 Å². The molecule has 1 aromatic carbocycles. The number of nitrogens with zero attached hydrogens (tertiary/aromatic N) is 1. The highest BCUT2D eigenvalue weighted by Crippen LogP contribution is 2.14. The fraction of sp³-hybridized carbons (Fsp3) is 0.385. The smallest absolute Gasteiger partial charge is 0.242 e. The summed E-state index contributed by atoms with van der Waals surface area (Å²) in [5.41, 5.74) is 0.660. The van der Waals surface area contributed by atoms with Gasteiger partial charge in [0.25, 0.3) is 0 Å². The van der Waals surface area contributed by atoms with Crippen molar-refractivity contribution in [3.05, 3.63) is 29.8 Å². The molecule has 104 valence electrons. The molecule has 0 atom stereocenters. The van der Waals surface area contributed by atoms with Crippen molar-refractivity contribution >= 4 is 10.0 Å². The van der Waals surface area contributed by atoms with Gasteiger partial charge in [0.2, 0.25) is 10.0 Å². The van der Waals surface area contributed by atoms with E-state index in [2.05, 4.69) is 11.8 Å². The molecule has 0 aliphatic rings. The number of methoxy groups -OCH3 is 1. The molecule has 0 bridgehead atoms. The van der Waals surface area contributed by atoms with Gasteiger partial charge < -0.3 is 9.84 Å². The van der Waals surface area contributed by atoms with Gasteiger partial charge in [0.1, 0.15) is 6.61 Å². The van der Waals surface area contributed by atoms with Gasteiger partial charge in [-0.2, -0.15) is 4.31 Å². The second-order valence-corrected chi connectivity index (χ2v) is 5.85. The van der Waals surface area contributed by atoms with Crippen molar-refractivity contribution in [2.24, 2.45) is 0 Å². The number of rotatable bonds is 5. The summed E-state index contributed by atoms with van der Waals surface area (Å²) < 4.78 is 30.4. The predicted octanol–water partition coefficient (Wildman–Crippen LogP) is 0.297. The summed E-state index contributed by atoms with van der Waals surface area (Å²) in [5, 5.41) is 8.58. The van der Waals surface area contributed by atoms with E-state index in [0.717, 1.165) is 0 Å². The number of hydrogen-bond donors (Lipinski definition) is 1. The Morgan fingerprint density at radius 3 is 2.47 bits per heavy atom. The molecule has 0 saturated carbocycles. The van der Waals surface area contributed by atoms with Crippen LogP contribution >= 0.6 is 0 Å². The summed E-state index contributed by atoms with van der Waals surface area (Å²) in [6, 6.07) is 6.22. The third kappa shape index (κ3) is 4.33. The van der Waals surface area contributed by atoms with Gasteiger partial charge >= 0.3 is 0 Å². The molecule has 1 N–H and O–H groups in total. The molecule has 0 aliphatic carbocycles. The van der Waals surface area contributed by atoms with Crippen LogP contribution in [0.4, 0.5) is 0 Å². The zero-order valence-electron chi connectivity index (χ0n) is 11.0. The lowest BCUT2D eigenvalue weighted by molar-refractivity contribution is 0.185. The van der Waals surface area contributed by atoms with Gasteiger partial charge in [-0.15, -0.1) is 0 Å². The largest absolute Gasteiger partial charge is 0.384 e. The molecule has 5 nitrogen and oxygen atoms in total. The molecule has 0 spiro atoms. The molecule has 0 fully saturated rings. The Morgan fingerprint density at radius 1 is 1.32 bits per heavy atom. The average molecular weight is 283 g/mol. The Balaban J connectivity index is 2.90. The molecule has 6 heteroatoms. The van der Waals surface area contributed by atoms with Gasteiger partial charge in [-0.3, -0.25) is 0 Å². The van der Waals surface area contributed by atoms with Crippen molar-refractivity contribution in [3.8, 4) is 11.8 Å². The van der Waals surface area contributed by atoms with Crippen molar-refractivity contribution in [2.45, 2.75) is 4.90 Å². The lowest BCUT2D eigenvalue weighted by Crippen LogP contribution is -2.30. The van der Waals surface area contributed by atoms with E-state index in [1.165, 1.54) is 30.6 Å². The highest BCUT2D eigenvalue weighted by molar-refractivity contribution is 7.89. The van der Waals surface area contributed by atoms with Crippen molar-refractivity contribution in [1.29, 1.82) is 0 Å². The Kier molecular flexibility index (Phi) is 5.99. The molecule has 0 aromatic heterocycles. The number of hydrogen-bond acceptors (Lipinski definition) is 4. The Labute approximate surface area is 113 Å². The van der Waals surface area contributed by atoms with Crippen LogP contribution in [-0.2, 0) is 14.8 Å². The average Bonchev–Trinajstić information content (AvgIpc) is 2.42. The Bertz CT molecular complexity index is 555. The van der Waals surface area contributed by atoms with Crippen LogP contribution in [0.2, 0.25) is 0 Å². The van der Waals surface area contributed by atoms with E-state index in [-0.39, 0.29) is 11.5 Å². The van der Waals surface area contributed by atoms with Gasteiger partial charge in [-0.05, 0) is 24.3 Å². The Hall–Kier alpha value is -1.39. The molecular weight excluding hydrogens is 266 g/mol. The highest BCUT2D eigenvalue weighted by Gasteiger charge is 2.19. The van der Waals surface area contributed by atoms with Crippen LogP contribution in [0.3, 0.4) is 0 Å². The van der Waals surface area contributed by atoms with Crippen molar-refractivity contribution in [1.82, 2.24) is 4.31 Å². The molecule has 0 heterocycles. The van der Waals surface area contributed by atoms with E-state index in [9.17, 15) is 8.42 Å². The number of sulfonamides is 1. The highest BCUT2D eigenvalue weighted by atomic mass is 32.2. The van der Waals surface area contributed by atoms with Crippen LogP contribution in [0.25, 0.3) is 0 Å². The second-order valence-electron chi connectivity index (χ2n) is 3.80. The van der Waals surface area contributed by atoms with Crippen molar-refractivity contribution in [2.75, 3.05) is 33.9 Å². The van der Waals surface area contributed by atoms with Crippen LogP contribution in [0, 0.1) is 11.8 Å². The molecule has 0 radical (unpaired) electrons. The van der Waals surface area contributed by atoms with E-state index in [0.29, 0.717) is 18.7 Å². The minimum atomic E-state index is -3.49.